The van der Waals surface area contributed by atoms with Gasteiger partial charge in [-0.1, -0.05) is 38.0 Å². The zero-order valence-corrected chi connectivity index (χ0v) is 12.5. The first-order valence-electron chi connectivity index (χ1n) is 7.08. The van der Waals surface area contributed by atoms with Crippen molar-refractivity contribution in [1.82, 2.24) is 16.2 Å². The maximum Gasteiger partial charge on any atom is 0.269 e. The molecule has 2 atom stereocenters. The molecule has 5 heteroatoms. The summed E-state index contributed by atoms with van der Waals surface area (Å²) in [4.78, 5) is 11.8. The molecule has 1 amide bonds. The highest BCUT2D eigenvalue weighted by molar-refractivity contribution is 7.80. The Hall–Kier alpha value is -1.62. The molecule has 0 heterocycles. The Morgan fingerprint density at radius 3 is 2.55 bits per heavy atom. The average molecular weight is 291 g/mol. The number of benzene rings is 1. The lowest BCUT2D eigenvalue weighted by Crippen LogP contribution is -2.51. The summed E-state index contributed by atoms with van der Waals surface area (Å²) in [5.74, 6) is 0.430. The van der Waals surface area contributed by atoms with Crippen LogP contribution in [0, 0.1) is 5.92 Å². The van der Waals surface area contributed by atoms with Crippen LogP contribution in [0.2, 0.25) is 0 Å². The van der Waals surface area contributed by atoms with Crippen LogP contribution in [0.15, 0.2) is 30.3 Å². The molecular formula is C15H21N3OS. The average Bonchev–Trinajstić information content (AvgIpc) is 2.48. The second kappa shape index (κ2) is 7.24. The molecule has 108 valence electrons. The number of rotatable bonds is 2. The minimum atomic E-state index is -0.188. The summed E-state index contributed by atoms with van der Waals surface area (Å²) in [6, 6.07) is 9.45. The predicted molar refractivity (Wildman–Crippen MR) is 84.2 cm³/mol. The topological polar surface area (TPSA) is 53.2 Å². The van der Waals surface area contributed by atoms with E-state index in [4.69, 9.17) is 12.2 Å². The molecule has 1 saturated carbocycles. The van der Waals surface area contributed by atoms with E-state index in [1.165, 1.54) is 19.3 Å². The second-order valence-corrected chi connectivity index (χ2v) is 5.70. The van der Waals surface area contributed by atoms with Crippen LogP contribution >= 0.6 is 12.2 Å². The van der Waals surface area contributed by atoms with Gasteiger partial charge in [-0.3, -0.25) is 15.6 Å². The molecule has 1 aromatic rings. The van der Waals surface area contributed by atoms with Crippen LogP contribution in [0.1, 0.15) is 43.0 Å². The van der Waals surface area contributed by atoms with Gasteiger partial charge in [0, 0.05) is 11.6 Å². The first-order valence-corrected chi connectivity index (χ1v) is 7.49. The SMILES string of the molecule is C[C@H]1CCCC[C@H]1NC(=S)NNC(=O)c1ccccc1. The standard InChI is InChI=1S/C15H21N3OS/c1-11-7-5-6-10-13(11)16-15(20)18-17-14(19)12-8-3-2-4-9-12/h2-4,8-9,11,13H,5-7,10H2,1H3,(H,17,19)(H2,16,18,20)/t11-,13+/m0/s1. The molecule has 1 aromatic carbocycles. The molecule has 0 aromatic heterocycles. The van der Waals surface area contributed by atoms with Crippen LogP contribution in [0.25, 0.3) is 0 Å². The van der Waals surface area contributed by atoms with Gasteiger partial charge in [0.1, 0.15) is 0 Å². The van der Waals surface area contributed by atoms with Crippen LogP contribution in [0.5, 0.6) is 0 Å². The molecule has 3 N–H and O–H groups in total. The molecule has 0 bridgehead atoms. The van der Waals surface area contributed by atoms with Gasteiger partial charge in [0.25, 0.3) is 5.91 Å². The maximum atomic E-state index is 11.8. The maximum absolute atomic E-state index is 11.8. The Morgan fingerprint density at radius 2 is 1.85 bits per heavy atom. The van der Waals surface area contributed by atoms with E-state index >= 15 is 0 Å². The van der Waals surface area contributed by atoms with Gasteiger partial charge in [-0.15, -0.1) is 0 Å². The monoisotopic (exact) mass is 291 g/mol. The molecule has 0 unspecified atom stereocenters. The van der Waals surface area contributed by atoms with Crippen molar-refractivity contribution in [1.29, 1.82) is 0 Å². The van der Waals surface area contributed by atoms with Crippen molar-refractivity contribution in [2.24, 2.45) is 5.92 Å². The van der Waals surface area contributed by atoms with Crippen molar-refractivity contribution >= 4 is 23.2 Å². The van der Waals surface area contributed by atoms with E-state index in [1.54, 1.807) is 12.1 Å². The summed E-state index contributed by atoms with van der Waals surface area (Å²) in [5.41, 5.74) is 5.99. The predicted octanol–water partition coefficient (Wildman–Crippen LogP) is 2.37. The third-order valence-electron chi connectivity index (χ3n) is 3.75. The number of thiocarbonyl (C=S) groups is 1. The molecule has 0 saturated heterocycles. The lowest BCUT2D eigenvalue weighted by atomic mass is 9.86. The van der Waals surface area contributed by atoms with Crippen LogP contribution in [-0.4, -0.2) is 17.1 Å². The van der Waals surface area contributed by atoms with Crippen molar-refractivity contribution in [2.45, 2.75) is 38.6 Å². The summed E-state index contributed by atoms with van der Waals surface area (Å²) in [6.45, 7) is 2.24. The largest absolute Gasteiger partial charge is 0.358 e. The quantitative estimate of drug-likeness (QED) is 0.578. The van der Waals surface area contributed by atoms with Gasteiger partial charge in [0.05, 0.1) is 0 Å². The van der Waals surface area contributed by atoms with E-state index in [0.717, 1.165) is 6.42 Å². The fourth-order valence-electron chi connectivity index (χ4n) is 2.51. The molecule has 1 aliphatic carbocycles. The number of nitrogens with one attached hydrogen (secondary N) is 3. The van der Waals surface area contributed by atoms with E-state index in [1.807, 2.05) is 18.2 Å². The Kier molecular flexibility index (Phi) is 5.35. The van der Waals surface area contributed by atoms with Crippen LogP contribution in [0.4, 0.5) is 0 Å². The van der Waals surface area contributed by atoms with Gasteiger partial charge in [0.15, 0.2) is 5.11 Å². The lowest BCUT2D eigenvalue weighted by molar-refractivity contribution is 0.0943. The molecule has 0 aliphatic heterocycles. The highest BCUT2D eigenvalue weighted by Crippen LogP contribution is 2.23. The molecule has 0 radical (unpaired) electrons. The number of amides is 1. The smallest absolute Gasteiger partial charge is 0.269 e. The van der Waals surface area contributed by atoms with E-state index in [0.29, 0.717) is 22.6 Å². The van der Waals surface area contributed by atoms with Gasteiger partial charge in [-0.05, 0) is 43.1 Å². The van der Waals surface area contributed by atoms with E-state index < -0.39 is 0 Å². The number of hydrogen-bond acceptors (Lipinski definition) is 2. The van der Waals surface area contributed by atoms with Gasteiger partial charge in [0.2, 0.25) is 0 Å². The van der Waals surface area contributed by atoms with Crippen LogP contribution < -0.4 is 16.2 Å². The minimum absolute atomic E-state index is 0.188. The molecule has 1 fully saturated rings. The zero-order chi connectivity index (χ0) is 14.4. The van der Waals surface area contributed by atoms with Gasteiger partial charge >= 0.3 is 0 Å². The number of carbonyl (C=O) groups excluding carboxylic acids is 1. The molecule has 4 nitrogen and oxygen atoms in total. The van der Waals surface area contributed by atoms with Crippen molar-refractivity contribution in [3.05, 3.63) is 35.9 Å². The summed E-state index contributed by atoms with van der Waals surface area (Å²) in [7, 11) is 0. The lowest BCUT2D eigenvalue weighted by Gasteiger charge is -2.30. The molecule has 1 aliphatic rings. The second-order valence-electron chi connectivity index (χ2n) is 5.29. The fraction of sp³-hybridized carbons (Fsp3) is 0.467. The van der Waals surface area contributed by atoms with Gasteiger partial charge in [-0.25, -0.2) is 0 Å². The van der Waals surface area contributed by atoms with Crippen molar-refractivity contribution in [3.63, 3.8) is 0 Å². The van der Waals surface area contributed by atoms with E-state index in [2.05, 4.69) is 23.1 Å². The van der Waals surface area contributed by atoms with Crippen molar-refractivity contribution < 1.29 is 4.79 Å². The third kappa shape index (κ3) is 4.20. The summed E-state index contributed by atoms with van der Waals surface area (Å²) >= 11 is 5.22. The summed E-state index contributed by atoms with van der Waals surface area (Å²) in [6.07, 6.45) is 4.90. The number of hydrogen-bond donors (Lipinski definition) is 3. The van der Waals surface area contributed by atoms with Gasteiger partial charge in [-0.2, -0.15) is 0 Å². The fourth-order valence-corrected chi connectivity index (χ4v) is 2.71. The molecule has 2 rings (SSSR count). The van der Waals surface area contributed by atoms with E-state index in [9.17, 15) is 4.79 Å². The number of hydrazine groups is 1. The summed E-state index contributed by atoms with van der Waals surface area (Å²) in [5, 5.41) is 3.76. The Bertz CT molecular complexity index is 463. The summed E-state index contributed by atoms with van der Waals surface area (Å²) < 4.78 is 0. The van der Waals surface area contributed by atoms with Crippen molar-refractivity contribution in [3.8, 4) is 0 Å². The Labute approximate surface area is 125 Å². The Balaban J connectivity index is 1.76. The number of carbonyl (C=O) groups is 1. The highest BCUT2D eigenvalue weighted by atomic mass is 32.1. The van der Waals surface area contributed by atoms with Gasteiger partial charge < -0.3 is 5.32 Å². The Morgan fingerprint density at radius 1 is 1.15 bits per heavy atom. The van der Waals surface area contributed by atoms with E-state index in [-0.39, 0.29) is 5.91 Å². The molecule has 0 spiro atoms. The van der Waals surface area contributed by atoms with Crippen molar-refractivity contribution in [2.75, 3.05) is 0 Å². The molecular weight excluding hydrogens is 270 g/mol. The first kappa shape index (κ1) is 14.8. The normalized spacial score (nSPS) is 21.9. The highest BCUT2D eigenvalue weighted by Gasteiger charge is 2.21. The van der Waals surface area contributed by atoms with Crippen LogP contribution in [0.3, 0.4) is 0 Å². The zero-order valence-electron chi connectivity index (χ0n) is 11.7. The third-order valence-corrected chi connectivity index (χ3v) is 3.97. The minimum Gasteiger partial charge on any atom is -0.358 e. The molecule has 20 heavy (non-hydrogen) atoms. The van der Waals surface area contributed by atoms with Crippen LogP contribution in [-0.2, 0) is 0 Å². The first-order chi connectivity index (χ1) is 9.66.